The van der Waals surface area contributed by atoms with E-state index in [1.165, 1.54) is 0 Å². The van der Waals surface area contributed by atoms with Gasteiger partial charge in [-0.1, -0.05) is 34.8 Å². The molecule has 1 aliphatic heterocycles. The quantitative estimate of drug-likeness (QED) is 0.800. The molecule has 0 aliphatic carbocycles. The van der Waals surface area contributed by atoms with Crippen LogP contribution in [0.2, 0.25) is 15.1 Å². The predicted molar refractivity (Wildman–Crippen MR) is 65.9 cm³/mol. The molecule has 0 spiro atoms. The van der Waals surface area contributed by atoms with E-state index in [1.807, 2.05) is 0 Å². The van der Waals surface area contributed by atoms with E-state index in [0.29, 0.717) is 20.6 Å². The predicted octanol–water partition coefficient (Wildman–Crippen LogP) is 3.85. The van der Waals surface area contributed by atoms with Crippen molar-refractivity contribution in [2.75, 3.05) is 6.61 Å². The highest BCUT2D eigenvalue weighted by Crippen LogP contribution is 2.34. The molecule has 7 heteroatoms. The van der Waals surface area contributed by atoms with Gasteiger partial charge in [0, 0.05) is 5.02 Å². The second-order valence-electron chi connectivity index (χ2n) is 3.09. The highest BCUT2D eigenvalue weighted by Gasteiger charge is 2.26. The first-order valence-corrected chi connectivity index (χ1v) is 5.29. The zero-order valence-corrected chi connectivity index (χ0v) is 10.9. The lowest BCUT2D eigenvalue weighted by molar-refractivity contribution is 0.177. The Morgan fingerprint density at radius 2 is 2.00 bits per heavy atom. The van der Waals surface area contributed by atoms with Crippen LogP contribution in [-0.2, 0) is 4.74 Å². The lowest BCUT2D eigenvalue weighted by Crippen LogP contribution is -2.18. The van der Waals surface area contributed by atoms with Crippen LogP contribution in [0.1, 0.15) is 11.6 Å². The van der Waals surface area contributed by atoms with Crippen molar-refractivity contribution in [2.24, 2.45) is 0 Å². The molecule has 0 bridgehead atoms. The van der Waals surface area contributed by atoms with Crippen molar-refractivity contribution in [3.8, 4) is 0 Å². The van der Waals surface area contributed by atoms with E-state index in [0.717, 1.165) is 0 Å². The van der Waals surface area contributed by atoms with Gasteiger partial charge in [0.2, 0.25) is 0 Å². The van der Waals surface area contributed by atoms with E-state index in [2.05, 4.69) is 5.32 Å². The Balaban J connectivity index is 0.00000128. The van der Waals surface area contributed by atoms with E-state index in [1.54, 1.807) is 12.1 Å². The molecule has 2 rings (SSSR count). The Labute approximate surface area is 113 Å². The fraction of sp³-hybridized carbons (Fsp3) is 0.222. The van der Waals surface area contributed by atoms with E-state index in [4.69, 9.17) is 39.5 Å². The van der Waals surface area contributed by atoms with Gasteiger partial charge < -0.3 is 10.1 Å². The van der Waals surface area contributed by atoms with Gasteiger partial charge in [-0.25, -0.2) is 4.79 Å². The normalized spacial score (nSPS) is 18.7. The molecule has 1 amide bonds. The van der Waals surface area contributed by atoms with Crippen LogP contribution in [0.15, 0.2) is 12.1 Å². The number of benzene rings is 1. The van der Waals surface area contributed by atoms with E-state index in [9.17, 15) is 4.79 Å². The van der Waals surface area contributed by atoms with Gasteiger partial charge >= 0.3 is 6.09 Å². The van der Waals surface area contributed by atoms with Crippen molar-refractivity contribution >= 4 is 53.3 Å². The molecule has 1 atom stereocenters. The number of cyclic esters (lactones) is 1. The second kappa shape index (κ2) is 5.32. The van der Waals surface area contributed by atoms with Gasteiger partial charge in [0.05, 0.1) is 16.1 Å². The molecule has 16 heavy (non-hydrogen) atoms. The van der Waals surface area contributed by atoms with E-state index in [-0.39, 0.29) is 25.1 Å². The number of halogens is 4. The van der Waals surface area contributed by atoms with Crippen LogP contribution in [0.4, 0.5) is 4.79 Å². The largest absolute Gasteiger partial charge is 0.447 e. The molecule has 1 aromatic rings. The highest BCUT2D eigenvalue weighted by atomic mass is 35.5. The van der Waals surface area contributed by atoms with Gasteiger partial charge in [0.25, 0.3) is 0 Å². The summed E-state index contributed by atoms with van der Waals surface area (Å²) in [5.41, 5.74) is 0.667. The highest BCUT2D eigenvalue weighted by molar-refractivity contribution is 6.43. The molecule has 88 valence electrons. The first-order valence-electron chi connectivity index (χ1n) is 4.15. The molecule has 1 fully saturated rings. The maximum absolute atomic E-state index is 10.9. The first-order chi connectivity index (χ1) is 7.08. The maximum Gasteiger partial charge on any atom is 0.407 e. The van der Waals surface area contributed by atoms with Crippen LogP contribution >= 0.6 is 47.2 Å². The summed E-state index contributed by atoms with van der Waals surface area (Å²) in [4.78, 5) is 10.9. The van der Waals surface area contributed by atoms with Crippen LogP contribution in [0.5, 0.6) is 0 Å². The van der Waals surface area contributed by atoms with Crippen molar-refractivity contribution in [1.82, 2.24) is 5.32 Å². The minimum absolute atomic E-state index is 0. The van der Waals surface area contributed by atoms with E-state index < -0.39 is 6.09 Å². The Bertz CT molecular complexity index is 424. The van der Waals surface area contributed by atoms with Crippen LogP contribution in [-0.4, -0.2) is 12.7 Å². The van der Waals surface area contributed by atoms with Crippen LogP contribution in [0.3, 0.4) is 0 Å². The Hall–Kier alpha value is -0.350. The smallest absolute Gasteiger partial charge is 0.407 e. The molecule has 0 radical (unpaired) electrons. The fourth-order valence-electron chi connectivity index (χ4n) is 1.38. The van der Waals surface area contributed by atoms with Crippen molar-refractivity contribution in [2.45, 2.75) is 6.04 Å². The van der Waals surface area contributed by atoms with Gasteiger partial charge in [-0.2, -0.15) is 0 Å². The molecule has 1 N–H and O–H groups in total. The molecular weight excluding hydrogens is 296 g/mol. The zero-order chi connectivity index (χ0) is 11.0. The third-order valence-electron chi connectivity index (χ3n) is 2.07. The number of nitrogens with one attached hydrogen (secondary N) is 1. The van der Waals surface area contributed by atoms with Gasteiger partial charge in [0.1, 0.15) is 6.61 Å². The average molecular weight is 303 g/mol. The molecule has 0 aromatic heterocycles. The SMILES string of the molecule is Cl.O=C1N[C@@H](c2cc(Cl)cc(Cl)c2Cl)CO1. The van der Waals surface area contributed by atoms with Crippen molar-refractivity contribution in [3.63, 3.8) is 0 Å². The third kappa shape index (κ3) is 2.66. The first kappa shape index (κ1) is 13.7. The number of carbonyl (C=O) groups is 1. The summed E-state index contributed by atoms with van der Waals surface area (Å²) >= 11 is 17.7. The fourth-order valence-corrected chi connectivity index (χ4v) is 2.13. The number of carbonyl (C=O) groups excluding carboxylic acids is 1. The molecule has 0 unspecified atom stereocenters. The molecule has 1 heterocycles. The van der Waals surface area contributed by atoms with Crippen LogP contribution < -0.4 is 5.32 Å². The minimum atomic E-state index is -0.466. The summed E-state index contributed by atoms with van der Waals surface area (Å²) in [6.45, 7) is 0.231. The average Bonchev–Trinajstić information content (AvgIpc) is 2.58. The lowest BCUT2D eigenvalue weighted by atomic mass is 10.1. The third-order valence-corrected chi connectivity index (χ3v) is 3.10. The summed E-state index contributed by atoms with van der Waals surface area (Å²) in [6, 6.07) is 2.92. The van der Waals surface area contributed by atoms with Crippen molar-refractivity contribution < 1.29 is 9.53 Å². The Kier molecular flexibility index (Phi) is 4.56. The Morgan fingerprint density at radius 1 is 1.31 bits per heavy atom. The second-order valence-corrected chi connectivity index (χ2v) is 4.31. The number of amides is 1. The molecule has 0 saturated carbocycles. The summed E-state index contributed by atoms with van der Waals surface area (Å²) in [5, 5.41) is 3.82. The number of hydrogen-bond acceptors (Lipinski definition) is 2. The number of ether oxygens (including phenoxy) is 1. The summed E-state index contributed by atoms with van der Waals surface area (Å²) < 4.78 is 4.76. The standard InChI is InChI=1S/C9H6Cl3NO2.ClH/c10-4-1-5(8(12)6(11)2-4)7-3-15-9(14)13-7;/h1-2,7H,3H2,(H,13,14);1H/t7-;/m1./s1. The zero-order valence-electron chi connectivity index (χ0n) is 7.80. The van der Waals surface area contributed by atoms with E-state index >= 15 is 0 Å². The molecule has 3 nitrogen and oxygen atoms in total. The monoisotopic (exact) mass is 301 g/mol. The number of hydrogen-bond donors (Lipinski definition) is 1. The topological polar surface area (TPSA) is 38.3 Å². The van der Waals surface area contributed by atoms with Crippen molar-refractivity contribution in [1.29, 1.82) is 0 Å². The van der Waals surface area contributed by atoms with Crippen molar-refractivity contribution in [3.05, 3.63) is 32.8 Å². The molecule has 1 aromatic carbocycles. The number of rotatable bonds is 1. The van der Waals surface area contributed by atoms with Crippen LogP contribution in [0, 0.1) is 0 Å². The summed E-state index contributed by atoms with van der Waals surface area (Å²) in [7, 11) is 0. The lowest BCUT2D eigenvalue weighted by Gasteiger charge is -2.11. The number of alkyl carbamates (subject to hydrolysis) is 1. The van der Waals surface area contributed by atoms with Gasteiger partial charge in [-0.3, -0.25) is 0 Å². The van der Waals surface area contributed by atoms with Gasteiger partial charge in [-0.15, -0.1) is 12.4 Å². The summed E-state index contributed by atoms with van der Waals surface area (Å²) in [5.74, 6) is 0. The molecule has 1 aliphatic rings. The van der Waals surface area contributed by atoms with Gasteiger partial charge in [0.15, 0.2) is 0 Å². The maximum atomic E-state index is 10.9. The Morgan fingerprint density at radius 3 is 2.56 bits per heavy atom. The minimum Gasteiger partial charge on any atom is -0.447 e. The molecular formula is C9H7Cl4NO2. The summed E-state index contributed by atoms with van der Waals surface area (Å²) in [6.07, 6.45) is -0.466. The molecule has 1 saturated heterocycles. The van der Waals surface area contributed by atoms with Crippen LogP contribution in [0.25, 0.3) is 0 Å². The van der Waals surface area contributed by atoms with Gasteiger partial charge in [-0.05, 0) is 17.7 Å².